The number of benzene rings is 2. The van der Waals surface area contributed by atoms with Crippen molar-refractivity contribution in [3.63, 3.8) is 0 Å². The molecular weight excluding hydrogens is 452 g/mol. The lowest BCUT2D eigenvalue weighted by Gasteiger charge is -2.36. The maximum absolute atomic E-state index is 13.2. The minimum atomic E-state index is -0.591. The van der Waals surface area contributed by atoms with E-state index in [9.17, 15) is 9.59 Å². The average molecular weight is 477 g/mol. The Kier molecular flexibility index (Phi) is 6.31. The molecule has 2 amide bonds. The summed E-state index contributed by atoms with van der Waals surface area (Å²) in [5, 5.41) is 15.8. The molecule has 0 bridgehead atoms. The topological polar surface area (TPSA) is 102 Å². The smallest absolute Gasteiger partial charge is 0.338 e. The van der Waals surface area contributed by atoms with Gasteiger partial charge in [-0.15, -0.1) is 5.10 Å². The zero-order chi connectivity index (χ0) is 23.5. The Morgan fingerprint density at radius 3 is 2.50 bits per heavy atom. The monoisotopic (exact) mass is 476 g/mol. The highest BCUT2D eigenvalue weighted by atomic mass is 32.2. The summed E-state index contributed by atoms with van der Waals surface area (Å²) >= 11 is 1.40. The van der Waals surface area contributed by atoms with Crippen LogP contribution in [0.5, 0.6) is 0 Å². The number of urea groups is 1. The molecule has 1 atom stereocenters. The molecular formula is C24H24N6O3S. The molecule has 1 saturated carbocycles. The number of carbonyl (C=O) groups excluding carboxylic acids is 2. The van der Waals surface area contributed by atoms with Crippen molar-refractivity contribution in [1.82, 2.24) is 30.4 Å². The molecule has 0 spiro atoms. The number of methoxy groups -OCH3 is 1. The lowest BCUT2D eigenvalue weighted by molar-refractivity contribution is -0.136. The number of aromatic nitrogens is 4. The largest absolute Gasteiger partial charge is 0.466 e. The van der Waals surface area contributed by atoms with E-state index >= 15 is 0 Å². The van der Waals surface area contributed by atoms with Gasteiger partial charge in [0.05, 0.1) is 25.3 Å². The average Bonchev–Trinajstić information content (AvgIpc) is 3.61. The van der Waals surface area contributed by atoms with Gasteiger partial charge in [0.1, 0.15) is 0 Å². The van der Waals surface area contributed by atoms with E-state index in [-0.39, 0.29) is 12.1 Å². The van der Waals surface area contributed by atoms with E-state index in [1.165, 1.54) is 18.9 Å². The Hall–Kier alpha value is -3.66. The van der Waals surface area contributed by atoms with E-state index in [0.717, 1.165) is 24.0 Å². The predicted molar refractivity (Wildman–Crippen MR) is 126 cm³/mol. The van der Waals surface area contributed by atoms with Crippen molar-refractivity contribution in [2.75, 3.05) is 12.9 Å². The highest BCUT2D eigenvalue weighted by molar-refractivity contribution is 7.99. The van der Waals surface area contributed by atoms with Crippen LogP contribution in [0.2, 0.25) is 0 Å². The number of nitrogens with one attached hydrogen (secondary N) is 1. The third kappa shape index (κ3) is 4.54. The maximum atomic E-state index is 13.2. The first kappa shape index (κ1) is 22.1. The second-order valence-corrected chi connectivity index (χ2v) is 9.08. The standard InChI is InChI=1S/C24H24N6O3S/c1-33-22(31)20-19(15-34-24-26-27-28-29(24)14-16-8-4-2-5-9-16)30(18-12-13-18)23(32)25-21(20)17-10-6-3-7-11-17/h2-11,18,21H,12-15H2,1H3,(H,25,32). The second kappa shape index (κ2) is 9.68. The van der Waals surface area contributed by atoms with E-state index in [2.05, 4.69) is 20.8 Å². The summed E-state index contributed by atoms with van der Waals surface area (Å²) in [7, 11) is 1.36. The van der Waals surface area contributed by atoms with E-state index in [0.29, 0.717) is 28.7 Å². The lowest BCUT2D eigenvalue weighted by Crippen LogP contribution is -2.50. The van der Waals surface area contributed by atoms with Crippen LogP contribution >= 0.6 is 11.8 Å². The molecule has 0 radical (unpaired) electrons. The van der Waals surface area contributed by atoms with Crippen molar-refractivity contribution in [3.8, 4) is 0 Å². The number of rotatable bonds is 8. The molecule has 1 unspecified atom stereocenters. The Bertz CT molecular complexity index is 1210. The molecule has 1 N–H and O–H groups in total. The van der Waals surface area contributed by atoms with Gasteiger partial charge in [-0.25, -0.2) is 14.3 Å². The number of hydrogen-bond donors (Lipinski definition) is 1. The van der Waals surface area contributed by atoms with Crippen molar-refractivity contribution < 1.29 is 14.3 Å². The van der Waals surface area contributed by atoms with E-state index in [1.54, 1.807) is 9.58 Å². The molecule has 1 aromatic heterocycles. The van der Waals surface area contributed by atoms with Crippen molar-refractivity contribution in [2.45, 2.75) is 36.6 Å². The molecule has 2 heterocycles. The van der Waals surface area contributed by atoms with Crippen LogP contribution in [0.3, 0.4) is 0 Å². The highest BCUT2D eigenvalue weighted by Gasteiger charge is 2.44. The van der Waals surface area contributed by atoms with Crippen LogP contribution in [-0.2, 0) is 16.1 Å². The Morgan fingerprint density at radius 2 is 1.82 bits per heavy atom. The molecule has 1 fully saturated rings. The molecule has 10 heteroatoms. The molecule has 1 aliphatic carbocycles. The summed E-state index contributed by atoms with van der Waals surface area (Å²) in [4.78, 5) is 27.9. The number of esters is 1. The summed E-state index contributed by atoms with van der Waals surface area (Å²) in [6.45, 7) is 0.526. The van der Waals surface area contributed by atoms with Crippen molar-refractivity contribution in [1.29, 1.82) is 0 Å². The number of nitrogens with zero attached hydrogens (tertiary/aromatic N) is 5. The normalized spacial score (nSPS) is 18.1. The summed E-state index contributed by atoms with van der Waals surface area (Å²) in [5.74, 6) is -0.105. The Labute approximate surface area is 201 Å². The highest BCUT2D eigenvalue weighted by Crippen LogP contribution is 2.39. The van der Waals surface area contributed by atoms with Crippen LogP contribution in [0.25, 0.3) is 0 Å². The number of tetrazole rings is 1. The molecule has 174 valence electrons. The van der Waals surface area contributed by atoms with Crippen molar-refractivity contribution >= 4 is 23.8 Å². The summed E-state index contributed by atoms with van der Waals surface area (Å²) in [6, 6.07) is 18.7. The van der Waals surface area contributed by atoms with Gasteiger partial charge < -0.3 is 10.1 Å². The molecule has 3 aromatic rings. The number of thioether (sulfide) groups is 1. The molecule has 1 aliphatic heterocycles. The third-order valence-electron chi connectivity index (χ3n) is 5.84. The Morgan fingerprint density at radius 1 is 1.12 bits per heavy atom. The first-order valence-electron chi connectivity index (χ1n) is 11.0. The predicted octanol–water partition coefficient (Wildman–Crippen LogP) is 3.17. The fraction of sp³-hybridized carbons (Fsp3) is 0.292. The van der Waals surface area contributed by atoms with Crippen LogP contribution in [0.4, 0.5) is 4.79 Å². The van der Waals surface area contributed by atoms with Crippen LogP contribution in [-0.4, -0.2) is 56.0 Å². The van der Waals surface area contributed by atoms with E-state index in [4.69, 9.17) is 4.74 Å². The van der Waals surface area contributed by atoms with Gasteiger partial charge in [-0.1, -0.05) is 72.4 Å². The summed E-state index contributed by atoms with van der Waals surface area (Å²) in [6.07, 6.45) is 1.80. The van der Waals surface area contributed by atoms with Gasteiger partial charge in [-0.05, 0) is 34.4 Å². The molecule has 34 heavy (non-hydrogen) atoms. The SMILES string of the molecule is COC(=O)C1=C(CSc2nnnn2Cc2ccccc2)N(C2CC2)C(=O)NC1c1ccccc1. The fourth-order valence-corrected chi connectivity index (χ4v) is 4.98. The van der Waals surface area contributed by atoms with Crippen LogP contribution < -0.4 is 5.32 Å². The zero-order valence-corrected chi connectivity index (χ0v) is 19.4. The number of hydrogen-bond acceptors (Lipinski definition) is 7. The van der Waals surface area contributed by atoms with Gasteiger partial charge >= 0.3 is 12.0 Å². The van der Waals surface area contributed by atoms with Gasteiger partial charge in [0.2, 0.25) is 5.16 Å². The van der Waals surface area contributed by atoms with Gasteiger partial charge in [-0.3, -0.25) is 4.90 Å². The molecule has 5 rings (SSSR count). The quantitative estimate of drug-likeness (QED) is 0.394. The van der Waals surface area contributed by atoms with E-state index in [1.807, 2.05) is 60.7 Å². The minimum Gasteiger partial charge on any atom is -0.466 e. The molecule has 2 aliphatic rings. The third-order valence-corrected chi connectivity index (χ3v) is 6.81. The Balaban J connectivity index is 1.49. The van der Waals surface area contributed by atoms with Gasteiger partial charge in [0.15, 0.2) is 0 Å². The van der Waals surface area contributed by atoms with Crippen LogP contribution in [0.15, 0.2) is 77.1 Å². The number of amides is 2. The van der Waals surface area contributed by atoms with Crippen LogP contribution in [0.1, 0.15) is 30.0 Å². The maximum Gasteiger partial charge on any atom is 0.338 e. The first-order chi connectivity index (χ1) is 16.7. The van der Waals surface area contributed by atoms with Gasteiger partial charge in [0, 0.05) is 17.5 Å². The summed E-state index contributed by atoms with van der Waals surface area (Å²) in [5.41, 5.74) is 2.98. The molecule has 9 nitrogen and oxygen atoms in total. The number of ether oxygens (including phenoxy) is 1. The summed E-state index contributed by atoms with van der Waals surface area (Å²) < 4.78 is 6.89. The fourth-order valence-electron chi connectivity index (χ4n) is 4.08. The van der Waals surface area contributed by atoms with Crippen LogP contribution in [0, 0.1) is 0 Å². The zero-order valence-electron chi connectivity index (χ0n) is 18.6. The van der Waals surface area contributed by atoms with Gasteiger partial charge in [-0.2, -0.15) is 0 Å². The van der Waals surface area contributed by atoms with Crippen molar-refractivity contribution in [2.24, 2.45) is 0 Å². The molecule has 0 saturated heterocycles. The second-order valence-electron chi connectivity index (χ2n) is 8.14. The van der Waals surface area contributed by atoms with E-state index < -0.39 is 12.0 Å². The van der Waals surface area contributed by atoms with Crippen molar-refractivity contribution in [3.05, 3.63) is 83.1 Å². The lowest BCUT2D eigenvalue weighted by atomic mass is 9.95. The molecule has 2 aromatic carbocycles. The first-order valence-corrected chi connectivity index (χ1v) is 12.0. The minimum absolute atomic E-state index is 0.0762. The number of carbonyl (C=O) groups is 2. The van der Waals surface area contributed by atoms with Gasteiger partial charge in [0.25, 0.3) is 0 Å².